The number of carbonyl (C=O) groups excluding carboxylic acids is 1. The van der Waals surface area contributed by atoms with E-state index in [1.54, 1.807) is 12.3 Å². The fourth-order valence-corrected chi connectivity index (χ4v) is 0.889. The maximum absolute atomic E-state index is 10.9. The van der Waals surface area contributed by atoms with E-state index in [9.17, 15) is 4.79 Å². The van der Waals surface area contributed by atoms with Crippen molar-refractivity contribution >= 4 is 11.4 Å². The molecule has 0 aromatic carbocycles. The van der Waals surface area contributed by atoms with Crippen LogP contribution in [0.15, 0.2) is 24.9 Å². The van der Waals surface area contributed by atoms with Crippen LogP contribution in [0.4, 0.5) is 0 Å². The topological polar surface area (TPSA) is 30.0 Å². The third kappa shape index (κ3) is 1.78. The van der Waals surface area contributed by atoms with Crippen molar-refractivity contribution in [2.24, 2.45) is 0 Å². The molecule has 1 rings (SSSR count). The smallest absolute Gasteiger partial charge is 0.178 e. The maximum atomic E-state index is 10.9. The Morgan fingerprint density at radius 1 is 1.50 bits per heavy atom. The first-order chi connectivity index (χ1) is 5.61. The van der Waals surface area contributed by atoms with Gasteiger partial charge in [-0.2, -0.15) is 0 Å². The summed E-state index contributed by atoms with van der Waals surface area (Å²) in [6.07, 6.45) is 1.63. The van der Waals surface area contributed by atoms with E-state index in [1.165, 1.54) is 6.92 Å². The molecule has 2 heteroatoms. The second kappa shape index (κ2) is 3.30. The van der Waals surface area contributed by atoms with Crippen LogP contribution in [0.3, 0.4) is 0 Å². The maximum Gasteiger partial charge on any atom is 0.178 e. The van der Waals surface area contributed by atoms with Gasteiger partial charge in [-0.05, 0) is 24.6 Å². The molecule has 0 aliphatic carbocycles. The Bertz CT molecular complexity index is 299. The normalized spacial score (nSPS) is 9.50. The Balaban J connectivity index is 3.12. The van der Waals surface area contributed by atoms with Gasteiger partial charge in [0.1, 0.15) is 5.69 Å². The molecule has 0 aliphatic rings. The average Bonchev–Trinajstić information content (AvgIpc) is 2.04. The highest BCUT2D eigenvalue weighted by atomic mass is 16.1. The van der Waals surface area contributed by atoms with Gasteiger partial charge in [-0.3, -0.25) is 9.78 Å². The number of hydrogen-bond acceptors (Lipinski definition) is 2. The van der Waals surface area contributed by atoms with Crippen LogP contribution >= 0.6 is 0 Å². The fourth-order valence-electron chi connectivity index (χ4n) is 0.889. The summed E-state index contributed by atoms with van der Waals surface area (Å²) in [7, 11) is 0. The SMILES string of the molecule is C=C(C)c1ccnc(C(C)=O)c1. The molecule has 0 amide bonds. The van der Waals surface area contributed by atoms with Crippen molar-refractivity contribution in [3.05, 3.63) is 36.2 Å². The van der Waals surface area contributed by atoms with Gasteiger partial charge in [0.2, 0.25) is 0 Å². The van der Waals surface area contributed by atoms with Gasteiger partial charge in [0.25, 0.3) is 0 Å². The van der Waals surface area contributed by atoms with Crippen LogP contribution in [-0.2, 0) is 0 Å². The van der Waals surface area contributed by atoms with E-state index >= 15 is 0 Å². The number of nitrogens with zero attached hydrogens (tertiary/aromatic N) is 1. The van der Waals surface area contributed by atoms with Gasteiger partial charge in [0, 0.05) is 13.1 Å². The molecule has 0 atom stereocenters. The Kier molecular flexibility index (Phi) is 2.38. The van der Waals surface area contributed by atoms with E-state index in [1.807, 2.05) is 13.0 Å². The summed E-state index contributed by atoms with van der Waals surface area (Å²) in [6, 6.07) is 3.60. The minimum Gasteiger partial charge on any atom is -0.293 e. The molecule has 0 fully saturated rings. The molecular formula is C10H11NO. The number of aromatic nitrogens is 1. The summed E-state index contributed by atoms with van der Waals surface area (Å²) in [5, 5.41) is 0. The van der Waals surface area contributed by atoms with Gasteiger partial charge in [0.15, 0.2) is 5.78 Å². The molecule has 0 saturated carbocycles. The fraction of sp³-hybridized carbons (Fsp3) is 0.200. The molecule has 0 unspecified atom stereocenters. The zero-order valence-corrected chi connectivity index (χ0v) is 7.29. The van der Waals surface area contributed by atoms with Crippen molar-refractivity contribution in [2.45, 2.75) is 13.8 Å². The van der Waals surface area contributed by atoms with Crippen LogP contribution in [0.25, 0.3) is 5.57 Å². The first-order valence-electron chi connectivity index (χ1n) is 3.74. The molecule has 2 nitrogen and oxygen atoms in total. The third-order valence-corrected chi connectivity index (χ3v) is 1.61. The first-order valence-corrected chi connectivity index (χ1v) is 3.74. The largest absolute Gasteiger partial charge is 0.293 e. The predicted molar refractivity (Wildman–Crippen MR) is 48.9 cm³/mol. The Morgan fingerprint density at radius 3 is 2.67 bits per heavy atom. The predicted octanol–water partition coefficient (Wildman–Crippen LogP) is 2.32. The van der Waals surface area contributed by atoms with E-state index in [0.29, 0.717) is 5.69 Å². The highest BCUT2D eigenvalue weighted by Crippen LogP contribution is 2.11. The second-order valence-electron chi connectivity index (χ2n) is 2.77. The molecule has 12 heavy (non-hydrogen) atoms. The molecular weight excluding hydrogens is 150 g/mol. The summed E-state index contributed by atoms with van der Waals surface area (Å²) in [4.78, 5) is 14.9. The highest BCUT2D eigenvalue weighted by Gasteiger charge is 2.01. The van der Waals surface area contributed by atoms with Crippen molar-refractivity contribution in [1.82, 2.24) is 4.98 Å². The molecule has 0 saturated heterocycles. The molecule has 62 valence electrons. The number of ketones is 1. The molecule has 1 aromatic heterocycles. The molecule has 0 aliphatic heterocycles. The van der Waals surface area contributed by atoms with E-state index < -0.39 is 0 Å². The minimum absolute atomic E-state index is 0.0156. The molecule has 1 heterocycles. The van der Waals surface area contributed by atoms with Crippen molar-refractivity contribution < 1.29 is 4.79 Å². The lowest BCUT2D eigenvalue weighted by Gasteiger charge is -1.99. The van der Waals surface area contributed by atoms with Crippen LogP contribution in [0.5, 0.6) is 0 Å². The van der Waals surface area contributed by atoms with Gasteiger partial charge in [-0.1, -0.05) is 12.2 Å². The number of Topliss-reactive ketones (excluding diaryl/α,β-unsaturated/α-hetero) is 1. The first kappa shape index (κ1) is 8.65. The third-order valence-electron chi connectivity index (χ3n) is 1.61. The van der Waals surface area contributed by atoms with Crippen molar-refractivity contribution in [1.29, 1.82) is 0 Å². The van der Waals surface area contributed by atoms with Gasteiger partial charge >= 0.3 is 0 Å². The Hall–Kier alpha value is -1.44. The summed E-state index contributed by atoms with van der Waals surface area (Å²) >= 11 is 0. The van der Waals surface area contributed by atoms with Crippen LogP contribution in [0, 0.1) is 0 Å². The van der Waals surface area contributed by atoms with Crippen molar-refractivity contribution in [3.63, 3.8) is 0 Å². The summed E-state index contributed by atoms with van der Waals surface area (Å²) in [5.41, 5.74) is 2.41. The van der Waals surface area contributed by atoms with Crippen molar-refractivity contribution in [3.8, 4) is 0 Å². The highest BCUT2D eigenvalue weighted by molar-refractivity contribution is 5.92. The van der Waals surface area contributed by atoms with Crippen LogP contribution in [0.1, 0.15) is 29.9 Å². The standard InChI is InChI=1S/C10H11NO/c1-7(2)9-4-5-11-10(6-9)8(3)12/h4-6H,1H2,2-3H3. The van der Waals surface area contributed by atoms with Crippen molar-refractivity contribution in [2.75, 3.05) is 0 Å². The Morgan fingerprint density at radius 2 is 2.17 bits per heavy atom. The molecule has 0 spiro atoms. The number of allylic oxidation sites excluding steroid dienone is 1. The monoisotopic (exact) mass is 161 g/mol. The zero-order valence-electron chi connectivity index (χ0n) is 7.29. The van der Waals surface area contributed by atoms with Gasteiger partial charge < -0.3 is 0 Å². The second-order valence-corrected chi connectivity index (χ2v) is 2.77. The zero-order chi connectivity index (χ0) is 9.14. The molecule has 0 N–H and O–H groups in total. The molecule has 1 aromatic rings. The lowest BCUT2D eigenvalue weighted by Crippen LogP contribution is -1.96. The van der Waals surface area contributed by atoms with Crippen LogP contribution in [-0.4, -0.2) is 10.8 Å². The summed E-state index contributed by atoms with van der Waals surface area (Å²) in [5.74, 6) is -0.0156. The van der Waals surface area contributed by atoms with Gasteiger partial charge in [-0.25, -0.2) is 0 Å². The van der Waals surface area contributed by atoms with Gasteiger partial charge in [-0.15, -0.1) is 0 Å². The van der Waals surface area contributed by atoms with E-state index in [4.69, 9.17) is 0 Å². The summed E-state index contributed by atoms with van der Waals surface area (Å²) < 4.78 is 0. The number of rotatable bonds is 2. The Labute approximate surface area is 71.9 Å². The van der Waals surface area contributed by atoms with E-state index in [-0.39, 0.29) is 5.78 Å². The molecule has 0 radical (unpaired) electrons. The lowest BCUT2D eigenvalue weighted by atomic mass is 10.1. The number of pyridine rings is 1. The lowest BCUT2D eigenvalue weighted by molar-refractivity contribution is 0.101. The van der Waals surface area contributed by atoms with Crippen LogP contribution in [0.2, 0.25) is 0 Å². The number of carbonyl (C=O) groups is 1. The van der Waals surface area contributed by atoms with E-state index in [2.05, 4.69) is 11.6 Å². The van der Waals surface area contributed by atoms with E-state index in [0.717, 1.165) is 11.1 Å². The number of hydrogen-bond donors (Lipinski definition) is 0. The molecule has 0 bridgehead atoms. The summed E-state index contributed by atoms with van der Waals surface area (Å²) in [6.45, 7) is 7.19. The van der Waals surface area contributed by atoms with Gasteiger partial charge in [0.05, 0.1) is 0 Å². The quantitative estimate of drug-likeness (QED) is 0.623. The minimum atomic E-state index is -0.0156. The van der Waals surface area contributed by atoms with Crippen LogP contribution < -0.4 is 0 Å². The average molecular weight is 161 g/mol.